The molecule has 0 aliphatic carbocycles. The molecule has 0 aliphatic heterocycles. The van der Waals surface area contributed by atoms with E-state index in [2.05, 4.69) is 71.4 Å². The van der Waals surface area contributed by atoms with Crippen molar-refractivity contribution in [2.75, 3.05) is 6.61 Å². The van der Waals surface area contributed by atoms with Crippen LogP contribution in [0.5, 0.6) is 5.75 Å². The third kappa shape index (κ3) is 5.88. The Bertz CT molecular complexity index is 1200. The zero-order valence-electron chi connectivity index (χ0n) is 20.2. The van der Waals surface area contributed by atoms with Crippen LogP contribution in [0.25, 0.3) is 10.9 Å². The molecule has 0 radical (unpaired) electrons. The fourth-order valence-corrected chi connectivity index (χ4v) is 4.45. The summed E-state index contributed by atoms with van der Waals surface area (Å²) < 4.78 is 8.02. The second-order valence-electron chi connectivity index (χ2n) is 8.79. The summed E-state index contributed by atoms with van der Waals surface area (Å²) in [6, 6.07) is 29.0. The Balaban J connectivity index is 1.52. The summed E-state index contributed by atoms with van der Waals surface area (Å²) >= 11 is 0. The lowest BCUT2D eigenvalue weighted by Crippen LogP contribution is -2.34. The number of ether oxygens (including phenoxy) is 1. The lowest BCUT2D eigenvalue weighted by Gasteiger charge is -2.16. The Labute approximate surface area is 202 Å². The van der Waals surface area contributed by atoms with Gasteiger partial charge in [0.15, 0.2) is 0 Å². The van der Waals surface area contributed by atoms with Crippen LogP contribution in [0, 0.1) is 0 Å². The van der Waals surface area contributed by atoms with Gasteiger partial charge < -0.3 is 14.6 Å². The molecular formula is C30H34N2O2. The molecule has 176 valence electrons. The van der Waals surface area contributed by atoms with Gasteiger partial charge in [-0.15, -0.1) is 0 Å². The van der Waals surface area contributed by atoms with Crippen LogP contribution in [0.4, 0.5) is 0 Å². The molecule has 0 bridgehead atoms. The van der Waals surface area contributed by atoms with E-state index < -0.39 is 0 Å². The van der Waals surface area contributed by atoms with E-state index in [9.17, 15) is 4.79 Å². The molecule has 0 saturated carbocycles. The molecule has 1 amide bonds. The maximum absolute atomic E-state index is 13.4. The minimum absolute atomic E-state index is 0.0288. The molecule has 3 aromatic carbocycles. The van der Waals surface area contributed by atoms with Crippen molar-refractivity contribution in [3.05, 3.63) is 102 Å². The van der Waals surface area contributed by atoms with Gasteiger partial charge in [-0.05, 0) is 68.9 Å². The molecule has 0 aliphatic rings. The second kappa shape index (κ2) is 11.6. The van der Waals surface area contributed by atoms with Gasteiger partial charge in [0.05, 0.1) is 12.1 Å². The van der Waals surface area contributed by atoms with Gasteiger partial charge in [0, 0.05) is 18.0 Å². The van der Waals surface area contributed by atoms with Gasteiger partial charge in [-0.2, -0.15) is 0 Å². The highest BCUT2D eigenvalue weighted by Crippen LogP contribution is 2.29. The number of hydrogen-bond acceptors (Lipinski definition) is 2. The number of aryl methyl sites for hydroxylation is 3. The quantitative estimate of drug-likeness (QED) is 0.284. The third-order valence-corrected chi connectivity index (χ3v) is 6.21. The molecule has 0 fully saturated rings. The van der Waals surface area contributed by atoms with Crippen LogP contribution in [-0.4, -0.2) is 23.1 Å². The Hall–Kier alpha value is -3.53. The molecule has 34 heavy (non-hydrogen) atoms. The molecule has 1 heterocycles. The molecule has 1 N–H and O–H groups in total. The molecule has 4 aromatic rings. The molecule has 4 nitrogen and oxygen atoms in total. The highest BCUT2D eigenvalue weighted by molar-refractivity contribution is 6.00. The highest BCUT2D eigenvalue weighted by Gasteiger charge is 2.19. The van der Waals surface area contributed by atoms with Crippen molar-refractivity contribution >= 4 is 16.8 Å². The molecule has 0 spiro atoms. The van der Waals surface area contributed by atoms with E-state index in [-0.39, 0.29) is 11.9 Å². The van der Waals surface area contributed by atoms with Gasteiger partial charge >= 0.3 is 0 Å². The number of benzene rings is 3. The zero-order valence-corrected chi connectivity index (χ0v) is 20.2. The van der Waals surface area contributed by atoms with Crippen molar-refractivity contribution in [2.24, 2.45) is 0 Å². The van der Waals surface area contributed by atoms with Gasteiger partial charge in [-0.3, -0.25) is 4.79 Å². The van der Waals surface area contributed by atoms with E-state index >= 15 is 0 Å². The van der Waals surface area contributed by atoms with Gasteiger partial charge in [0.2, 0.25) is 0 Å². The Kier molecular flexibility index (Phi) is 8.03. The van der Waals surface area contributed by atoms with Crippen molar-refractivity contribution < 1.29 is 9.53 Å². The molecule has 0 saturated heterocycles. The molecule has 1 unspecified atom stereocenters. The van der Waals surface area contributed by atoms with E-state index in [1.165, 1.54) is 11.1 Å². The predicted octanol–water partition coefficient (Wildman–Crippen LogP) is 6.42. The van der Waals surface area contributed by atoms with Crippen molar-refractivity contribution in [2.45, 2.75) is 52.1 Å². The Morgan fingerprint density at radius 3 is 2.26 bits per heavy atom. The first-order chi connectivity index (χ1) is 16.7. The number of aromatic nitrogens is 1. The fraction of sp³-hybridized carbons (Fsp3) is 0.300. The number of nitrogens with one attached hydrogen (secondary N) is 1. The Morgan fingerprint density at radius 1 is 0.912 bits per heavy atom. The average molecular weight is 455 g/mol. The number of carbonyl (C=O) groups is 1. The smallest absolute Gasteiger partial charge is 0.268 e. The van der Waals surface area contributed by atoms with E-state index in [0.29, 0.717) is 12.3 Å². The topological polar surface area (TPSA) is 43.3 Å². The van der Waals surface area contributed by atoms with Crippen molar-refractivity contribution in [3.8, 4) is 5.75 Å². The molecule has 4 rings (SSSR count). The maximum Gasteiger partial charge on any atom is 0.268 e. The molecule has 1 aromatic heterocycles. The monoisotopic (exact) mass is 454 g/mol. The van der Waals surface area contributed by atoms with Crippen molar-refractivity contribution in [1.82, 2.24) is 9.88 Å². The lowest BCUT2D eigenvalue weighted by atomic mass is 10.1. The van der Waals surface area contributed by atoms with Gasteiger partial charge in [0.25, 0.3) is 5.91 Å². The van der Waals surface area contributed by atoms with Crippen LogP contribution in [0.15, 0.2) is 84.9 Å². The molecular weight excluding hydrogens is 420 g/mol. The van der Waals surface area contributed by atoms with Crippen LogP contribution in [-0.2, 0) is 19.4 Å². The van der Waals surface area contributed by atoms with E-state index in [1.54, 1.807) is 0 Å². The number of rotatable bonds is 11. The summed E-state index contributed by atoms with van der Waals surface area (Å²) in [6.45, 7) is 5.43. The summed E-state index contributed by atoms with van der Waals surface area (Å²) in [7, 11) is 0. The standard InChI is InChI=1S/C30H34N2O2/c1-3-34-29-18-10-17-27-26(29)22-28(32(27)21-11-16-24-12-6-4-7-13-24)30(33)31-23(2)19-20-25-14-8-5-9-15-25/h4-10,12-15,17-18,22-23H,3,11,16,19-21H2,1-2H3,(H,31,33). The van der Waals surface area contributed by atoms with Gasteiger partial charge in [-0.25, -0.2) is 0 Å². The second-order valence-corrected chi connectivity index (χ2v) is 8.79. The summed E-state index contributed by atoms with van der Waals surface area (Å²) in [5, 5.41) is 4.22. The SMILES string of the molecule is CCOc1cccc2c1cc(C(=O)NC(C)CCc1ccccc1)n2CCCc1ccccc1. The average Bonchev–Trinajstić information content (AvgIpc) is 3.24. The largest absolute Gasteiger partial charge is 0.493 e. The van der Waals surface area contributed by atoms with E-state index in [0.717, 1.165) is 48.9 Å². The predicted molar refractivity (Wildman–Crippen MR) is 140 cm³/mol. The fourth-order valence-electron chi connectivity index (χ4n) is 4.45. The van der Waals surface area contributed by atoms with Crippen LogP contribution in [0.1, 0.15) is 48.3 Å². The van der Waals surface area contributed by atoms with Crippen LogP contribution in [0.2, 0.25) is 0 Å². The number of amides is 1. The molecule has 4 heteroatoms. The first-order valence-corrected chi connectivity index (χ1v) is 12.3. The maximum atomic E-state index is 13.4. The van der Waals surface area contributed by atoms with Crippen LogP contribution >= 0.6 is 0 Å². The number of carbonyl (C=O) groups excluding carboxylic acids is 1. The number of nitrogens with zero attached hydrogens (tertiary/aromatic N) is 1. The Morgan fingerprint density at radius 2 is 1.59 bits per heavy atom. The highest BCUT2D eigenvalue weighted by atomic mass is 16.5. The molecule has 1 atom stereocenters. The minimum atomic E-state index is -0.0288. The summed E-state index contributed by atoms with van der Waals surface area (Å²) in [5.41, 5.74) is 4.34. The number of fused-ring (bicyclic) bond motifs is 1. The lowest BCUT2D eigenvalue weighted by molar-refractivity contribution is 0.0929. The van der Waals surface area contributed by atoms with Gasteiger partial charge in [-0.1, -0.05) is 66.7 Å². The van der Waals surface area contributed by atoms with E-state index in [1.807, 2.05) is 37.3 Å². The summed E-state index contributed by atoms with van der Waals surface area (Å²) in [4.78, 5) is 13.4. The van der Waals surface area contributed by atoms with Gasteiger partial charge in [0.1, 0.15) is 11.4 Å². The van der Waals surface area contributed by atoms with Crippen LogP contribution < -0.4 is 10.1 Å². The summed E-state index contributed by atoms with van der Waals surface area (Å²) in [5.74, 6) is 0.798. The third-order valence-electron chi connectivity index (χ3n) is 6.21. The first kappa shape index (κ1) is 23.6. The van der Waals surface area contributed by atoms with Crippen molar-refractivity contribution in [1.29, 1.82) is 0 Å². The van der Waals surface area contributed by atoms with E-state index in [4.69, 9.17) is 4.74 Å². The first-order valence-electron chi connectivity index (χ1n) is 12.3. The normalized spacial score (nSPS) is 11.9. The number of hydrogen-bond donors (Lipinski definition) is 1. The summed E-state index contributed by atoms with van der Waals surface area (Å²) in [6.07, 6.45) is 3.77. The van der Waals surface area contributed by atoms with Crippen LogP contribution in [0.3, 0.4) is 0 Å². The van der Waals surface area contributed by atoms with Crippen molar-refractivity contribution in [3.63, 3.8) is 0 Å². The zero-order chi connectivity index (χ0) is 23.8. The minimum Gasteiger partial charge on any atom is -0.493 e.